The summed E-state index contributed by atoms with van der Waals surface area (Å²) < 4.78 is 8.33. The summed E-state index contributed by atoms with van der Waals surface area (Å²) in [6.45, 7) is 8.78. The molecule has 0 bridgehead atoms. The molecule has 4 rings (SSSR count). The lowest BCUT2D eigenvalue weighted by atomic mass is 9.92. The summed E-state index contributed by atoms with van der Waals surface area (Å²) in [6.07, 6.45) is 0. The van der Waals surface area contributed by atoms with E-state index in [2.05, 4.69) is 49.9 Å². The molecule has 1 N–H and O–H groups in total. The Morgan fingerprint density at radius 1 is 1.15 bits per heavy atom. The fraction of sp³-hybridized carbons (Fsp3) is 0.421. The van der Waals surface area contributed by atoms with Crippen LogP contribution in [0.3, 0.4) is 0 Å². The highest BCUT2D eigenvalue weighted by Gasteiger charge is 2.28. The van der Waals surface area contributed by atoms with Crippen LogP contribution in [0.2, 0.25) is 0 Å². The SMILES string of the molecule is CC(C)(C)c1ccc(N2CC(CNC(=O)c3ccc4nsnc4c3)C2)nn1. The van der Waals surface area contributed by atoms with E-state index in [9.17, 15) is 4.79 Å². The fourth-order valence-corrected chi connectivity index (χ4v) is 3.56. The maximum Gasteiger partial charge on any atom is 0.251 e. The van der Waals surface area contributed by atoms with Crippen molar-refractivity contribution in [3.8, 4) is 0 Å². The van der Waals surface area contributed by atoms with Crippen molar-refractivity contribution in [2.75, 3.05) is 24.5 Å². The zero-order valence-electron chi connectivity index (χ0n) is 15.6. The fourth-order valence-electron chi connectivity index (χ4n) is 3.04. The Kier molecular flexibility index (Phi) is 4.51. The van der Waals surface area contributed by atoms with Gasteiger partial charge in [-0.05, 0) is 30.3 Å². The molecule has 1 aromatic carbocycles. The summed E-state index contributed by atoms with van der Waals surface area (Å²) in [6, 6.07) is 9.48. The maximum atomic E-state index is 12.3. The highest BCUT2D eigenvalue weighted by atomic mass is 32.1. The number of anilines is 1. The van der Waals surface area contributed by atoms with E-state index >= 15 is 0 Å². The quantitative estimate of drug-likeness (QED) is 0.747. The largest absolute Gasteiger partial charge is 0.354 e. The summed E-state index contributed by atoms with van der Waals surface area (Å²) >= 11 is 1.16. The maximum absolute atomic E-state index is 12.3. The lowest BCUT2D eigenvalue weighted by Crippen LogP contribution is -2.52. The van der Waals surface area contributed by atoms with Crippen molar-refractivity contribution in [3.05, 3.63) is 41.6 Å². The molecule has 0 radical (unpaired) electrons. The van der Waals surface area contributed by atoms with E-state index in [0.717, 1.165) is 47.4 Å². The predicted molar refractivity (Wildman–Crippen MR) is 106 cm³/mol. The molecule has 1 amide bonds. The molecule has 0 unspecified atom stereocenters. The van der Waals surface area contributed by atoms with E-state index in [1.807, 2.05) is 18.2 Å². The Bertz CT molecular complexity index is 956. The molecule has 140 valence electrons. The Morgan fingerprint density at radius 3 is 2.63 bits per heavy atom. The molecule has 27 heavy (non-hydrogen) atoms. The molecule has 0 spiro atoms. The minimum absolute atomic E-state index is 0.00487. The monoisotopic (exact) mass is 382 g/mol. The van der Waals surface area contributed by atoms with Crippen molar-refractivity contribution in [1.29, 1.82) is 0 Å². The van der Waals surface area contributed by atoms with Gasteiger partial charge in [0.1, 0.15) is 11.0 Å². The second-order valence-corrected chi connectivity index (χ2v) is 8.50. The molecule has 1 aliphatic rings. The number of nitrogens with one attached hydrogen (secondary N) is 1. The van der Waals surface area contributed by atoms with Gasteiger partial charge < -0.3 is 10.2 Å². The number of carbonyl (C=O) groups is 1. The number of amides is 1. The number of carbonyl (C=O) groups excluding carboxylic acids is 1. The van der Waals surface area contributed by atoms with Crippen molar-refractivity contribution < 1.29 is 4.79 Å². The van der Waals surface area contributed by atoms with Crippen LogP contribution in [-0.4, -0.2) is 44.5 Å². The van der Waals surface area contributed by atoms with E-state index in [-0.39, 0.29) is 11.3 Å². The van der Waals surface area contributed by atoms with Crippen LogP contribution in [0.5, 0.6) is 0 Å². The molecule has 1 saturated heterocycles. The lowest BCUT2D eigenvalue weighted by Gasteiger charge is -2.40. The zero-order valence-corrected chi connectivity index (χ0v) is 16.5. The van der Waals surface area contributed by atoms with Gasteiger partial charge in [0.2, 0.25) is 0 Å². The standard InChI is InChI=1S/C19H22N6OS/c1-19(2,3)16-6-7-17(22-21-16)25-10-12(11-25)9-20-18(26)13-4-5-14-15(8-13)24-27-23-14/h4-8,12H,9-11H2,1-3H3,(H,20,26). The second-order valence-electron chi connectivity index (χ2n) is 7.98. The van der Waals surface area contributed by atoms with Crippen LogP contribution >= 0.6 is 11.7 Å². The van der Waals surface area contributed by atoms with Gasteiger partial charge in [-0.3, -0.25) is 4.79 Å². The smallest absolute Gasteiger partial charge is 0.251 e. The summed E-state index contributed by atoms with van der Waals surface area (Å²) in [5, 5.41) is 11.7. The average Bonchev–Trinajstić information content (AvgIpc) is 3.07. The van der Waals surface area contributed by atoms with Crippen molar-refractivity contribution in [1.82, 2.24) is 24.3 Å². The number of fused-ring (bicyclic) bond motifs is 1. The van der Waals surface area contributed by atoms with Gasteiger partial charge in [-0.1, -0.05) is 20.8 Å². The first-order valence-electron chi connectivity index (χ1n) is 9.00. The molecule has 1 aliphatic heterocycles. The molecule has 2 aromatic heterocycles. The summed E-state index contributed by atoms with van der Waals surface area (Å²) in [7, 11) is 0. The first-order chi connectivity index (χ1) is 12.9. The third-order valence-corrected chi connectivity index (χ3v) is 5.32. The molecule has 3 heterocycles. The van der Waals surface area contributed by atoms with Crippen molar-refractivity contribution >= 4 is 34.5 Å². The molecule has 8 heteroatoms. The normalized spacial score (nSPS) is 15.0. The van der Waals surface area contributed by atoms with E-state index in [1.54, 1.807) is 12.1 Å². The van der Waals surface area contributed by atoms with Crippen molar-refractivity contribution in [2.45, 2.75) is 26.2 Å². The highest BCUT2D eigenvalue weighted by molar-refractivity contribution is 7.00. The number of benzene rings is 1. The Balaban J connectivity index is 1.28. The van der Waals surface area contributed by atoms with E-state index in [0.29, 0.717) is 18.0 Å². The van der Waals surface area contributed by atoms with Crippen LogP contribution in [0.15, 0.2) is 30.3 Å². The van der Waals surface area contributed by atoms with Gasteiger partial charge in [0.05, 0.1) is 17.4 Å². The summed E-state index contributed by atoms with van der Waals surface area (Å²) in [5.41, 5.74) is 3.20. The third-order valence-electron chi connectivity index (χ3n) is 4.77. The lowest BCUT2D eigenvalue weighted by molar-refractivity contribution is 0.0944. The van der Waals surface area contributed by atoms with Crippen molar-refractivity contribution in [3.63, 3.8) is 0 Å². The third kappa shape index (κ3) is 3.75. The second kappa shape index (κ2) is 6.84. The highest BCUT2D eigenvalue weighted by Crippen LogP contribution is 2.25. The Morgan fingerprint density at radius 2 is 1.93 bits per heavy atom. The molecular formula is C19H22N6OS. The van der Waals surface area contributed by atoms with Gasteiger partial charge >= 0.3 is 0 Å². The summed E-state index contributed by atoms with van der Waals surface area (Å²) in [4.78, 5) is 14.5. The Labute approximate surface area is 162 Å². The molecule has 7 nitrogen and oxygen atoms in total. The van der Waals surface area contributed by atoms with Gasteiger partial charge in [0.15, 0.2) is 5.82 Å². The van der Waals surface area contributed by atoms with Crippen LogP contribution < -0.4 is 10.2 Å². The number of rotatable bonds is 4. The van der Waals surface area contributed by atoms with Crippen LogP contribution in [0.4, 0.5) is 5.82 Å². The van der Waals surface area contributed by atoms with Gasteiger partial charge in [0.25, 0.3) is 5.91 Å². The minimum atomic E-state index is -0.0716. The average molecular weight is 382 g/mol. The first-order valence-corrected chi connectivity index (χ1v) is 9.73. The zero-order chi connectivity index (χ0) is 19.0. The van der Waals surface area contributed by atoms with Gasteiger partial charge in [-0.25, -0.2) is 0 Å². The molecule has 0 saturated carbocycles. The van der Waals surface area contributed by atoms with Crippen LogP contribution in [0.1, 0.15) is 36.8 Å². The van der Waals surface area contributed by atoms with Crippen LogP contribution in [0, 0.1) is 5.92 Å². The van der Waals surface area contributed by atoms with E-state index in [4.69, 9.17) is 0 Å². The van der Waals surface area contributed by atoms with E-state index in [1.165, 1.54) is 0 Å². The van der Waals surface area contributed by atoms with Crippen LogP contribution in [0.25, 0.3) is 11.0 Å². The van der Waals surface area contributed by atoms with Gasteiger partial charge in [-0.2, -0.15) is 13.8 Å². The predicted octanol–water partition coefficient (Wildman–Crippen LogP) is 2.65. The first kappa shape index (κ1) is 17.8. The van der Waals surface area contributed by atoms with E-state index < -0.39 is 0 Å². The number of nitrogens with zero attached hydrogens (tertiary/aromatic N) is 5. The number of aromatic nitrogens is 4. The van der Waals surface area contributed by atoms with Crippen LogP contribution in [-0.2, 0) is 5.41 Å². The molecule has 0 aliphatic carbocycles. The van der Waals surface area contributed by atoms with Gasteiger partial charge in [0, 0.05) is 36.5 Å². The Hall–Kier alpha value is -2.61. The molecule has 1 fully saturated rings. The number of hydrogen-bond acceptors (Lipinski definition) is 7. The minimum Gasteiger partial charge on any atom is -0.354 e. The molecular weight excluding hydrogens is 360 g/mol. The topological polar surface area (TPSA) is 83.9 Å². The molecule has 0 atom stereocenters. The van der Waals surface area contributed by atoms with Crippen molar-refractivity contribution in [2.24, 2.45) is 5.92 Å². The molecule has 3 aromatic rings. The summed E-state index contributed by atoms with van der Waals surface area (Å²) in [5.74, 6) is 1.24. The van der Waals surface area contributed by atoms with Gasteiger partial charge in [-0.15, -0.1) is 5.10 Å². The number of hydrogen-bond donors (Lipinski definition) is 1.